The number of aromatic nitrogens is 3. The Hall–Kier alpha value is -3.93. The van der Waals surface area contributed by atoms with E-state index in [1.165, 1.54) is 12.1 Å². The Morgan fingerprint density at radius 3 is 2.58 bits per heavy atom. The lowest BCUT2D eigenvalue weighted by Gasteiger charge is -2.30. The van der Waals surface area contributed by atoms with Crippen molar-refractivity contribution in [2.45, 2.75) is 38.1 Å². The number of nitrogens with one attached hydrogen (secondary N) is 2. The van der Waals surface area contributed by atoms with E-state index < -0.39 is 24.4 Å². The molecule has 0 saturated carbocycles. The number of anilines is 1. The predicted octanol–water partition coefficient (Wildman–Crippen LogP) is 4.83. The normalized spacial score (nSPS) is 15.2. The minimum Gasteiger partial charge on any atom is -0.382 e. The van der Waals surface area contributed by atoms with E-state index in [0.717, 1.165) is 48.3 Å². The first-order chi connectivity index (χ1) is 18.2. The molecule has 4 aromatic rings. The molecule has 3 heterocycles. The van der Waals surface area contributed by atoms with E-state index in [1.807, 2.05) is 6.07 Å². The molecule has 0 spiro atoms. The summed E-state index contributed by atoms with van der Waals surface area (Å²) in [4.78, 5) is 18.8. The molecule has 0 unspecified atom stereocenters. The Kier molecular flexibility index (Phi) is 7.06. The molecular formula is C26H26F4N6O2. The molecule has 2 aromatic carbocycles. The van der Waals surface area contributed by atoms with Gasteiger partial charge in [0, 0.05) is 22.7 Å². The van der Waals surface area contributed by atoms with Crippen LogP contribution >= 0.6 is 0 Å². The van der Waals surface area contributed by atoms with Crippen molar-refractivity contribution in [3.63, 3.8) is 0 Å². The second kappa shape index (κ2) is 10.4. The van der Waals surface area contributed by atoms with Crippen molar-refractivity contribution in [1.29, 1.82) is 0 Å². The number of fused-ring (bicyclic) bond motifs is 1. The van der Waals surface area contributed by atoms with E-state index in [-0.39, 0.29) is 35.6 Å². The van der Waals surface area contributed by atoms with E-state index in [2.05, 4.69) is 32.7 Å². The fourth-order valence-corrected chi connectivity index (χ4v) is 4.61. The Morgan fingerprint density at radius 1 is 1.13 bits per heavy atom. The number of amides is 1. The Labute approximate surface area is 215 Å². The molecule has 1 saturated heterocycles. The second-order valence-corrected chi connectivity index (χ2v) is 9.39. The van der Waals surface area contributed by atoms with E-state index >= 15 is 0 Å². The number of halogens is 4. The Morgan fingerprint density at radius 2 is 1.87 bits per heavy atom. The van der Waals surface area contributed by atoms with Gasteiger partial charge in [0.25, 0.3) is 5.91 Å². The highest BCUT2D eigenvalue weighted by Gasteiger charge is 2.31. The molecule has 1 aliphatic heterocycles. The van der Waals surface area contributed by atoms with Crippen molar-refractivity contribution in [2.24, 2.45) is 0 Å². The van der Waals surface area contributed by atoms with Gasteiger partial charge >= 0.3 is 6.18 Å². The first-order valence-corrected chi connectivity index (χ1v) is 12.2. The number of rotatable bonds is 7. The summed E-state index contributed by atoms with van der Waals surface area (Å²) < 4.78 is 60.2. The molecular weight excluding hydrogens is 504 g/mol. The number of carbonyl (C=O) groups is 1. The van der Waals surface area contributed by atoms with E-state index in [1.54, 1.807) is 18.2 Å². The van der Waals surface area contributed by atoms with E-state index in [0.29, 0.717) is 10.9 Å². The minimum absolute atomic E-state index is 0.0175. The van der Waals surface area contributed by atoms with E-state index in [4.69, 9.17) is 4.52 Å². The van der Waals surface area contributed by atoms with Crippen molar-refractivity contribution in [3.8, 4) is 11.5 Å². The predicted molar refractivity (Wildman–Crippen MR) is 133 cm³/mol. The zero-order chi connectivity index (χ0) is 26.9. The smallest absolute Gasteiger partial charge is 0.382 e. The van der Waals surface area contributed by atoms with Crippen molar-refractivity contribution >= 4 is 22.5 Å². The zero-order valence-corrected chi connectivity index (χ0v) is 20.6. The quantitative estimate of drug-likeness (QED) is 0.333. The maximum absolute atomic E-state index is 13.6. The van der Waals surface area contributed by atoms with Crippen LogP contribution in [0.1, 0.15) is 29.1 Å². The standard InChI is InChI=1S/C26H26F4N6O2/c1-35-11-9-18(10-12-35)32-20-3-2-4-21-19(20)13-22(36(21)15-26(28,29)30)24-33-23(38-34-24)14-31-25(37)16-5-7-17(27)8-6-16/h2-8,13,18,32H,9-12,14-15H2,1H3,(H,31,37). The van der Waals surface area contributed by atoms with Crippen LogP contribution in [0.5, 0.6) is 0 Å². The number of hydrogen-bond donors (Lipinski definition) is 2. The number of alkyl halides is 3. The Bertz CT molecular complexity index is 1420. The van der Waals surface area contributed by atoms with Crippen LogP contribution in [0.3, 0.4) is 0 Å². The number of nitrogens with zero attached hydrogens (tertiary/aromatic N) is 4. The van der Waals surface area contributed by atoms with Crippen molar-refractivity contribution < 1.29 is 26.9 Å². The number of benzene rings is 2. The summed E-state index contributed by atoms with van der Waals surface area (Å²) in [5.41, 5.74) is 1.52. The van der Waals surface area contributed by atoms with Gasteiger partial charge in [-0.2, -0.15) is 18.2 Å². The lowest BCUT2D eigenvalue weighted by atomic mass is 10.0. The van der Waals surface area contributed by atoms with Crippen molar-refractivity contribution in [3.05, 3.63) is 65.8 Å². The van der Waals surface area contributed by atoms with Gasteiger partial charge in [0.15, 0.2) is 0 Å². The van der Waals surface area contributed by atoms with Crippen LogP contribution in [0.15, 0.2) is 53.1 Å². The van der Waals surface area contributed by atoms with Crippen LogP contribution in [-0.2, 0) is 13.1 Å². The van der Waals surface area contributed by atoms with Gasteiger partial charge in [-0.05, 0) is 75.4 Å². The summed E-state index contributed by atoms with van der Waals surface area (Å²) in [5.74, 6) is -0.965. The SMILES string of the molecule is CN1CCC(Nc2cccc3c2cc(-c2noc(CNC(=O)c4ccc(F)cc4)n2)n3CC(F)(F)F)CC1. The second-order valence-electron chi connectivity index (χ2n) is 9.39. The molecule has 2 aromatic heterocycles. The summed E-state index contributed by atoms with van der Waals surface area (Å²) in [6.45, 7) is 0.509. The molecule has 200 valence electrons. The lowest BCUT2D eigenvalue weighted by Crippen LogP contribution is -2.36. The van der Waals surface area contributed by atoms with Crippen LogP contribution in [0.4, 0.5) is 23.2 Å². The van der Waals surface area contributed by atoms with Crippen LogP contribution in [-0.4, -0.2) is 57.9 Å². The third kappa shape index (κ3) is 5.80. The number of carbonyl (C=O) groups excluding carboxylic acids is 1. The molecule has 0 aliphatic carbocycles. The third-order valence-corrected chi connectivity index (χ3v) is 6.57. The van der Waals surface area contributed by atoms with Crippen molar-refractivity contribution in [2.75, 3.05) is 25.5 Å². The largest absolute Gasteiger partial charge is 0.406 e. The van der Waals surface area contributed by atoms with Gasteiger partial charge in [-0.1, -0.05) is 11.2 Å². The van der Waals surface area contributed by atoms with Crippen LogP contribution in [0.25, 0.3) is 22.4 Å². The molecule has 5 rings (SSSR count). The molecule has 8 nitrogen and oxygen atoms in total. The maximum Gasteiger partial charge on any atom is 0.406 e. The number of hydrogen-bond acceptors (Lipinski definition) is 6. The van der Waals surface area contributed by atoms with Gasteiger partial charge in [-0.25, -0.2) is 4.39 Å². The highest BCUT2D eigenvalue weighted by molar-refractivity contribution is 5.96. The highest BCUT2D eigenvalue weighted by atomic mass is 19.4. The molecule has 0 atom stereocenters. The molecule has 1 aliphatic rings. The van der Waals surface area contributed by atoms with E-state index in [9.17, 15) is 22.4 Å². The summed E-state index contributed by atoms with van der Waals surface area (Å²) in [6.07, 6.45) is -2.62. The fourth-order valence-electron chi connectivity index (χ4n) is 4.61. The van der Waals surface area contributed by atoms with Gasteiger partial charge in [-0.3, -0.25) is 4.79 Å². The minimum atomic E-state index is -4.48. The van der Waals surface area contributed by atoms with Crippen LogP contribution < -0.4 is 10.6 Å². The molecule has 0 bridgehead atoms. The van der Waals surface area contributed by atoms with Gasteiger partial charge in [0.05, 0.1) is 17.8 Å². The lowest BCUT2D eigenvalue weighted by molar-refractivity contribution is -0.139. The molecule has 1 amide bonds. The first-order valence-electron chi connectivity index (χ1n) is 12.2. The summed E-state index contributed by atoms with van der Waals surface area (Å²) in [7, 11) is 2.06. The summed E-state index contributed by atoms with van der Waals surface area (Å²) >= 11 is 0. The van der Waals surface area contributed by atoms with Gasteiger partial charge < -0.3 is 24.6 Å². The number of likely N-dealkylation sites (tertiary alicyclic amines) is 1. The van der Waals surface area contributed by atoms with Gasteiger partial charge in [0.2, 0.25) is 11.7 Å². The topological polar surface area (TPSA) is 88.2 Å². The average molecular weight is 531 g/mol. The molecule has 12 heteroatoms. The molecule has 1 fully saturated rings. The molecule has 38 heavy (non-hydrogen) atoms. The van der Waals surface area contributed by atoms with Crippen LogP contribution in [0.2, 0.25) is 0 Å². The molecule has 0 radical (unpaired) electrons. The number of piperidine rings is 1. The Balaban J connectivity index is 1.41. The average Bonchev–Trinajstić information content (AvgIpc) is 3.49. The van der Waals surface area contributed by atoms with Gasteiger partial charge in [0.1, 0.15) is 12.4 Å². The van der Waals surface area contributed by atoms with Crippen molar-refractivity contribution in [1.82, 2.24) is 24.9 Å². The summed E-state index contributed by atoms with van der Waals surface area (Å²) in [5, 5.41) is 10.6. The fraction of sp³-hybridized carbons (Fsp3) is 0.346. The molecule has 2 N–H and O–H groups in total. The first kappa shape index (κ1) is 25.7. The monoisotopic (exact) mass is 530 g/mol. The summed E-state index contributed by atoms with van der Waals surface area (Å²) in [6, 6.07) is 12.0. The van der Waals surface area contributed by atoms with Crippen LogP contribution in [0, 0.1) is 5.82 Å². The zero-order valence-electron chi connectivity index (χ0n) is 20.6. The maximum atomic E-state index is 13.6. The third-order valence-electron chi connectivity index (χ3n) is 6.57. The highest BCUT2D eigenvalue weighted by Crippen LogP contribution is 2.34. The van der Waals surface area contributed by atoms with Gasteiger partial charge in [-0.15, -0.1) is 0 Å².